The van der Waals surface area contributed by atoms with Crippen molar-refractivity contribution < 1.29 is 24.5 Å². The van der Waals surface area contributed by atoms with Crippen molar-refractivity contribution in [1.29, 1.82) is 0 Å². The molecule has 13 heteroatoms. The van der Waals surface area contributed by atoms with Gasteiger partial charge in [-0.2, -0.15) is 15.1 Å². The lowest BCUT2D eigenvalue weighted by Gasteiger charge is -2.31. The number of benzene rings is 1. The average molecular weight is 668 g/mol. The van der Waals surface area contributed by atoms with E-state index in [-0.39, 0.29) is 45.0 Å². The zero-order valence-corrected chi connectivity index (χ0v) is 26.7. The van der Waals surface area contributed by atoms with Crippen molar-refractivity contribution >= 4 is 60.0 Å². The topological polar surface area (TPSA) is 113 Å². The van der Waals surface area contributed by atoms with Gasteiger partial charge in [0.1, 0.15) is 29.0 Å². The first-order valence-electron chi connectivity index (χ1n) is 17.7. The summed E-state index contributed by atoms with van der Waals surface area (Å²) in [7, 11) is 0. The molecule has 10 nitrogen and oxygen atoms in total. The van der Waals surface area contributed by atoms with Crippen LogP contribution in [0.4, 0.5) is 10.2 Å². The van der Waals surface area contributed by atoms with E-state index < -0.39 is 30.4 Å². The number of β-amino-alcohol motifs (C(OH)–C–C–N with tert-alkyl or cyclic N) is 1. The second-order valence-corrected chi connectivity index (χ2v) is 14.6. The van der Waals surface area contributed by atoms with E-state index in [9.17, 15) is 9.50 Å². The highest BCUT2D eigenvalue weighted by atomic mass is 35.5. The summed E-state index contributed by atoms with van der Waals surface area (Å²) in [5, 5.41) is 21.6. The molecule has 1 aliphatic carbocycles. The summed E-state index contributed by atoms with van der Waals surface area (Å²) in [6.45, 7) is -1.91. The second-order valence-electron chi connectivity index (χ2n) is 13.2. The summed E-state index contributed by atoms with van der Waals surface area (Å²) in [5.74, 6) is 0.739. The van der Waals surface area contributed by atoms with Crippen LogP contribution < -0.4 is 9.64 Å². The number of nitrogens with one attached hydrogen (secondary N) is 1. The van der Waals surface area contributed by atoms with Gasteiger partial charge in [-0.1, -0.05) is 11.6 Å². The van der Waals surface area contributed by atoms with Gasteiger partial charge in [0.15, 0.2) is 0 Å². The number of ether oxygens (including phenoxy) is 2. The quantitative estimate of drug-likeness (QED) is 0.230. The van der Waals surface area contributed by atoms with Crippen LogP contribution >= 0.6 is 22.9 Å². The maximum atomic E-state index is 14.9. The van der Waals surface area contributed by atoms with Crippen molar-refractivity contribution in [3.8, 4) is 17.3 Å². The fourth-order valence-electron chi connectivity index (χ4n) is 7.35. The van der Waals surface area contributed by atoms with Gasteiger partial charge in [-0.25, -0.2) is 4.39 Å². The molecular formula is C33H35ClFN7O3S. The molecule has 0 radical (unpaired) electrons. The summed E-state index contributed by atoms with van der Waals surface area (Å²) in [6.07, 6.45) is 4.12. The zero-order chi connectivity index (χ0) is 34.8. The fourth-order valence-corrected chi connectivity index (χ4v) is 8.86. The van der Waals surface area contributed by atoms with Gasteiger partial charge in [0.05, 0.1) is 55.5 Å². The molecule has 1 saturated carbocycles. The number of aromatic nitrogens is 5. The normalized spacial score (nSPS) is 29.9. The molecule has 4 aliphatic rings. The van der Waals surface area contributed by atoms with Crippen molar-refractivity contribution in [2.75, 3.05) is 50.8 Å². The van der Waals surface area contributed by atoms with Crippen LogP contribution in [0.1, 0.15) is 56.0 Å². The molecule has 9 rings (SSSR count). The van der Waals surface area contributed by atoms with E-state index in [0.717, 1.165) is 50.7 Å². The molecule has 0 spiro atoms. The van der Waals surface area contributed by atoms with Crippen LogP contribution in [0.5, 0.6) is 6.01 Å². The largest absolute Gasteiger partial charge is 0.461 e. The number of thiophene rings is 1. The van der Waals surface area contributed by atoms with Crippen LogP contribution in [0.15, 0.2) is 24.5 Å². The third-order valence-electron chi connectivity index (χ3n) is 9.55. The number of hydrogen-bond donors (Lipinski definition) is 2. The lowest BCUT2D eigenvalue weighted by molar-refractivity contribution is -0.0123. The number of hydrogen-bond acceptors (Lipinski definition) is 10. The summed E-state index contributed by atoms with van der Waals surface area (Å²) in [4.78, 5) is 18.2. The van der Waals surface area contributed by atoms with E-state index in [1.165, 1.54) is 16.2 Å². The first-order valence-corrected chi connectivity index (χ1v) is 16.9. The Labute approximate surface area is 279 Å². The Morgan fingerprint density at radius 3 is 3.11 bits per heavy atom. The molecular weight excluding hydrogens is 629 g/mol. The van der Waals surface area contributed by atoms with Crippen molar-refractivity contribution in [2.45, 2.75) is 62.3 Å². The first kappa shape index (κ1) is 24.9. The molecule has 1 aromatic carbocycles. The summed E-state index contributed by atoms with van der Waals surface area (Å²) < 4.78 is 62.8. The number of aliphatic hydroxyl groups is 1. The lowest BCUT2D eigenvalue weighted by atomic mass is 9.95. The maximum Gasteiger partial charge on any atom is 0.319 e. The summed E-state index contributed by atoms with van der Waals surface area (Å²) >= 11 is 8.28. The van der Waals surface area contributed by atoms with Gasteiger partial charge in [0, 0.05) is 49.8 Å². The molecule has 240 valence electrons. The van der Waals surface area contributed by atoms with Crippen molar-refractivity contribution in [2.24, 2.45) is 0 Å². The SMILES string of the molecule is [2H]C1([2H])CC[C@@]2(C([2H])([2H])Oc3nc(N4CCOC[C@@](C)(O)C4)c4c(n3)sc3c(-c5c(C6CC6)c(Cl)cc6[nH]ncc56)nccc34)C[C@@H](F)CN12. The van der Waals surface area contributed by atoms with Gasteiger partial charge in [-0.15, -0.1) is 11.3 Å². The van der Waals surface area contributed by atoms with E-state index in [4.69, 9.17) is 41.5 Å². The molecule has 3 atom stereocenters. The number of alkyl halides is 1. The van der Waals surface area contributed by atoms with E-state index in [1.54, 1.807) is 19.3 Å². The van der Waals surface area contributed by atoms with E-state index in [2.05, 4.69) is 10.2 Å². The van der Waals surface area contributed by atoms with Crippen LogP contribution in [0.2, 0.25) is 5.02 Å². The third-order valence-corrected chi connectivity index (χ3v) is 11.0. The second kappa shape index (κ2) is 10.7. The highest BCUT2D eigenvalue weighted by Gasteiger charge is 2.49. The smallest absolute Gasteiger partial charge is 0.319 e. The van der Waals surface area contributed by atoms with Gasteiger partial charge in [0.2, 0.25) is 0 Å². The Kier molecular flexibility index (Phi) is 5.79. The molecule has 5 aromatic rings. The first-order chi connectivity index (χ1) is 23.8. The van der Waals surface area contributed by atoms with Crippen LogP contribution in [0.3, 0.4) is 0 Å². The third kappa shape index (κ3) is 4.75. The Morgan fingerprint density at radius 2 is 2.24 bits per heavy atom. The molecule has 46 heavy (non-hydrogen) atoms. The van der Waals surface area contributed by atoms with Crippen molar-refractivity contribution in [3.63, 3.8) is 0 Å². The Bertz CT molecular complexity index is 2180. The van der Waals surface area contributed by atoms with Crippen molar-refractivity contribution in [3.05, 3.63) is 35.1 Å². The predicted octanol–water partition coefficient (Wildman–Crippen LogP) is 5.86. The van der Waals surface area contributed by atoms with Gasteiger partial charge in [-0.05, 0) is 62.7 Å². The van der Waals surface area contributed by atoms with Gasteiger partial charge < -0.3 is 19.5 Å². The van der Waals surface area contributed by atoms with E-state index >= 15 is 0 Å². The minimum absolute atomic E-state index is 0.0545. The van der Waals surface area contributed by atoms with Crippen molar-refractivity contribution in [1.82, 2.24) is 30.0 Å². The van der Waals surface area contributed by atoms with Gasteiger partial charge in [-0.3, -0.25) is 15.0 Å². The fraction of sp³-hybridized carbons (Fsp3) is 0.515. The standard InChI is InChI=1S/C33H35ClFN7O3S/c1-32(43)15-41(9-10-44-16-32)29-26-20-5-7-36-27(25-21-13-37-40-23(21)11-22(34)24(25)18-3-4-18)28(20)46-30(26)39-31(38-29)45-17-33-6-2-8-42(33)14-19(35)12-33/h5,7,11,13,18-19,43H,2-4,6,8-10,12,14-17H2,1H3,(H,37,40)/t19-,32+,33+/m1/s1/i8D2,17D2. The molecule has 0 bridgehead atoms. The van der Waals surface area contributed by atoms with Crippen LogP contribution in [0.25, 0.3) is 42.5 Å². The molecule has 4 aromatic heterocycles. The molecule has 2 N–H and O–H groups in total. The lowest BCUT2D eigenvalue weighted by Crippen LogP contribution is -2.43. The number of halogens is 2. The number of H-pyrrole nitrogens is 1. The van der Waals surface area contributed by atoms with Crippen LogP contribution in [-0.4, -0.2) is 98.4 Å². The Hall–Kier alpha value is -3.16. The Morgan fingerprint density at radius 1 is 1.35 bits per heavy atom. The minimum atomic E-state index is -2.54. The number of aromatic amines is 1. The molecule has 0 unspecified atom stereocenters. The Balaban J connectivity index is 1.24. The number of anilines is 1. The monoisotopic (exact) mass is 667 g/mol. The van der Waals surface area contributed by atoms with Crippen LogP contribution in [-0.2, 0) is 4.74 Å². The molecule has 3 saturated heterocycles. The molecule has 4 fully saturated rings. The average Bonchev–Trinajstić information content (AvgIpc) is 3.42. The number of nitrogens with zero attached hydrogens (tertiary/aromatic N) is 6. The summed E-state index contributed by atoms with van der Waals surface area (Å²) in [5.41, 5.74) is 0.721. The van der Waals surface area contributed by atoms with E-state index in [1.807, 2.05) is 17.0 Å². The minimum Gasteiger partial charge on any atom is -0.461 e. The van der Waals surface area contributed by atoms with Gasteiger partial charge in [0.25, 0.3) is 0 Å². The number of rotatable bonds is 6. The maximum absolute atomic E-state index is 14.9. The van der Waals surface area contributed by atoms with E-state index in [0.29, 0.717) is 40.1 Å². The number of fused-ring (bicyclic) bond motifs is 5. The zero-order valence-electron chi connectivity index (χ0n) is 29.1. The van der Waals surface area contributed by atoms with Crippen LogP contribution in [0, 0.1) is 0 Å². The summed E-state index contributed by atoms with van der Waals surface area (Å²) in [6, 6.07) is 3.56. The molecule has 7 heterocycles. The highest BCUT2D eigenvalue weighted by molar-refractivity contribution is 7.26. The van der Waals surface area contributed by atoms with Gasteiger partial charge >= 0.3 is 6.01 Å². The number of pyridine rings is 1. The predicted molar refractivity (Wildman–Crippen MR) is 177 cm³/mol. The molecule has 3 aliphatic heterocycles. The molecule has 0 amide bonds. The highest BCUT2D eigenvalue weighted by Crippen LogP contribution is 2.52.